The summed E-state index contributed by atoms with van der Waals surface area (Å²) in [5.41, 5.74) is 0. The molecule has 2 unspecified atom stereocenters. The molecule has 0 bridgehead atoms. The smallest absolute Gasteiger partial charge is 0.134 e. The first-order valence-electron chi connectivity index (χ1n) is 5.68. The highest BCUT2D eigenvalue weighted by molar-refractivity contribution is 9.10. The van der Waals surface area contributed by atoms with E-state index in [1.807, 2.05) is 6.07 Å². The van der Waals surface area contributed by atoms with Gasteiger partial charge in [0.05, 0.1) is 22.9 Å². The van der Waals surface area contributed by atoms with Crippen molar-refractivity contribution in [2.24, 2.45) is 0 Å². The zero-order chi connectivity index (χ0) is 12.0. The lowest BCUT2D eigenvalue weighted by atomic mass is 10.1. The van der Waals surface area contributed by atoms with E-state index in [1.165, 1.54) is 0 Å². The summed E-state index contributed by atoms with van der Waals surface area (Å²) >= 11 is 3.50. The molecule has 0 aliphatic carbocycles. The number of hydrogen-bond acceptors (Lipinski definition) is 3. The first-order chi connectivity index (χ1) is 7.69. The van der Waals surface area contributed by atoms with E-state index in [0.717, 1.165) is 29.6 Å². The van der Waals surface area contributed by atoms with E-state index < -0.39 is 0 Å². The van der Waals surface area contributed by atoms with Gasteiger partial charge >= 0.3 is 0 Å². The number of halogens is 1. The van der Waals surface area contributed by atoms with Crippen LogP contribution in [0.2, 0.25) is 0 Å². The second-order valence-corrected chi connectivity index (χ2v) is 4.78. The summed E-state index contributed by atoms with van der Waals surface area (Å²) in [7, 11) is 1.73. The second-order valence-electron chi connectivity index (χ2n) is 3.92. The first kappa shape index (κ1) is 13.7. The first-order valence-corrected chi connectivity index (χ1v) is 6.47. The Morgan fingerprint density at radius 2 is 2.31 bits per heavy atom. The number of nitrogens with one attached hydrogen (secondary N) is 1. The molecule has 1 aromatic heterocycles. The fourth-order valence-electron chi connectivity index (χ4n) is 1.58. The third kappa shape index (κ3) is 3.92. The third-order valence-electron chi connectivity index (χ3n) is 2.57. The van der Waals surface area contributed by atoms with Crippen LogP contribution in [-0.4, -0.2) is 19.8 Å². The Hall–Kier alpha value is -0.320. The monoisotopic (exact) mass is 289 g/mol. The highest BCUT2D eigenvalue weighted by Crippen LogP contribution is 2.28. The van der Waals surface area contributed by atoms with E-state index in [0.29, 0.717) is 0 Å². The molecule has 0 amide bonds. The van der Waals surface area contributed by atoms with Gasteiger partial charge in [-0.05, 0) is 48.3 Å². The van der Waals surface area contributed by atoms with Crippen molar-refractivity contribution in [3.63, 3.8) is 0 Å². The molecule has 1 N–H and O–H groups in total. The standard InChI is InChI=1S/C12H20BrNO2/c1-4-6-14-11(8-9(2)15-3)12-10(13)5-7-16-12/h5,7,9,11,14H,4,6,8H2,1-3H3. The molecule has 0 radical (unpaired) electrons. The van der Waals surface area contributed by atoms with Gasteiger partial charge in [0.2, 0.25) is 0 Å². The van der Waals surface area contributed by atoms with Gasteiger partial charge in [-0.3, -0.25) is 0 Å². The quantitative estimate of drug-likeness (QED) is 0.834. The van der Waals surface area contributed by atoms with Crippen molar-refractivity contribution in [1.82, 2.24) is 5.32 Å². The maximum atomic E-state index is 5.50. The summed E-state index contributed by atoms with van der Waals surface area (Å²) in [6.07, 6.45) is 3.93. The molecule has 16 heavy (non-hydrogen) atoms. The van der Waals surface area contributed by atoms with E-state index in [-0.39, 0.29) is 12.1 Å². The van der Waals surface area contributed by atoms with Crippen LogP contribution >= 0.6 is 15.9 Å². The van der Waals surface area contributed by atoms with Crippen LogP contribution in [0.5, 0.6) is 0 Å². The van der Waals surface area contributed by atoms with Gasteiger partial charge in [-0.15, -0.1) is 0 Å². The van der Waals surface area contributed by atoms with E-state index >= 15 is 0 Å². The molecule has 1 heterocycles. The number of ether oxygens (including phenoxy) is 1. The van der Waals surface area contributed by atoms with Crippen molar-refractivity contribution in [1.29, 1.82) is 0 Å². The average molecular weight is 290 g/mol. The van der Waals surface area contributed by atoms with E-state index in [1.54, 1.807) is 13.4 Å². The summed E-state index contributed by atoms with van der Waals surface area (Å²) in [6, 6.07) is 2.13. The van der Waals surface area contributed by atoms with Crippen molar-refractivity contribution < 1.29 is 9.15 Å². The van der Waals surface area contributed by atoms with Crippen molar-refractivity contribution >= 4 is 15.9 Å². The number of furan rings is 1. The lowest BCUT2D eigenvalue weighted by Gasteiger charge is -2.20. The summed E-state index contributed by atoms with van der Waals surface area (Å²) in [4.78, 5) is 0. The Bertz CT molecular complexity index is 301. The molecule has 0 fully saturated rings. The van der Waals surface area contributed by atoms with Crippen LogP contribution in [0, 0.1) is 0 Å². The van der Waals surface area contributed by atoms with Crippen LogP contribution in [0.4, 0.5) is 0 Å². The third-order valence-corrected chi connectivity index (χ3v) is 3.23. The minimum atomic E-state index is 0.208. The topological polar surface area (TPSA) is 34.4 Å². The van der Waals surface area contributed by atoms with Crippen LogP contribution in [0.1, 0.15) is 38.5 Å². The highest BCUT2D eigenvalue weighted by atomic mass is 79.9. The molecule has 1 aromatic rings. The summed E-state index contributed by atoms with van der Waals surface area (Å²) in [5.74, 6) is 0.956. The van der Waals surface area contributed by atoms with Crippen LogP contribution in [0.3, 0.4) is 0 Å². The summed E-state index contributed by atoms with van der Waals surface area (Å²) in [6.45, 7) is 5.20. The zero-order valence-corrected chi connectivity index (χ0v) is 11.7. The van der Waals surface area contributed by atoms with E-state index in [4.69, 9.17) is 9.15 Å². The van der Waals surface area contributed by atoms with Crippen LogP contribution in [0.15, 0.2) is 21.2 Å². The number of methoxy groups -OCH3 is 1. The van der Waals surface area contributed by atoms with E-state index in [2.05, 4.69) is 35.1 Å². The van der Waals surface area contributed by atoms with E-state index in [9.17, 15) is 0 Å². The molecule has 0 aromatic carbocycles. The molecule has 2 atom stereocenters. The molecule has 92 valence electrons. The number of rotatable bonds is 7. The zero-order valence-electron chi connectivity index (χ0n) is 10.1. The molecular weight excluding hydrogens is 270 g/mol. The lowest BCUT2D eigenvalue weighted by molar-refractivity contribution is 0.0974. The van der Waals surface area contributed by atoms with Gasteiger partial charge < -0.3 is 14.5 Å². The van der Waals surface area contributed by atoms with Crippen molar-refractivity contribution in [3.8, 4) is 0 Å². The summed E-state index contributed by atoms with van der Waals surface area (Å²) < 4.78 is 11.8. The largest absolute Gasteiger partial charge is 0.466 e. The maximum absolute atomic E-state index is 5.50. The fraction of sp³-hybridized carbons (Fsp3) is 0.667. The minimum Gasteiger partial charge on any atom is -0.466 e. The normalized spacial score (nSPS) is 15.0. The van der Waals surface area contributed by atoms with Crippen molar-refractivity contribution in [2.75, 3.05) is 13.7 Å². The van der Waals surface area contributed by atoms with Gasteiger partial charge in [0.25, 0.3) is 0 Å². The molecule has 0 aliphatic heterocycles. The van der Waals surface area contributed by atoms with Crippen molar-refractivity contribution in [3.05, 3.63) is 22.6 Å². The van der Waals surface area contributed by atoms with Gasteiger partial charge in [0.1, 0.15) is 5.76 Å². The second kappa shape index (κ2) is 7.09. The maximum Gasteiger partial charge on any atom is 0.134 e. The molecule has 0 spiro atoms. The van der Waals surface area contributed by atoms with Crippen molar-refractivity contribution in [2.45, 2.75) is 38.8 Å². The van der Waals surface area contributed by atoms with Gasteiger partial charge in [-0.25, -0.2) is 0 Å². The number of hydrogen-bond donors (Lipinski definition) is 1. The average Bonchev–Trinajstić information content (AvgIpc) is 2.70. The predicted molar refractivity (Wildman–Crippen MR) is 68.5 cm³/mol. The minimum absolute atomic E-state index is 0.208. The lowest BCUT2D eigenvalue weighted by Crippen LogP contribution is -2.26. The Balaban J connectivity index is 2.67. The molecular formula is C12H20BrNO2. The molecule has 0 saturated heterocycles. The summed E-state index contributed by atoms with van der Waals surface area (Å²) in [5, 5.41) is 3.47. The predicted octanol–water partition coefficient (Wildman–Crippen LogP) is 3.51. The van der Waals surface area contributed by atoms with Gasteiger partial charge in [-0.1, -0.05) is 6.92 Å². The van der Waals surface area contributed by atoms with Crippen LogP contribution in [0.25, 0.3) is 0 Å². The molecule has 4 heteroatoms. The Kier molecular flexibility index (Phi) is 6.09. The molecule has 1 rings (SSSR count). The SMILES string of the molecule is CCCNC(CC(C)OC)c1occc1Br. The Morgan fingerprint density at radius 3 is 2.81 bits per heavy atom. The Morgan fingerprint density at radius 1 is 1.56 bits per heavy atom. The molecule has 0 aliphatic rings. The highest BCUT2D eigenvalue weighted by Gasteiger charge is 2.19. The van der Waals surface area contributed by atoms with Gasteiger partial charge in [0.15, 0.2) is 0 Å². The molecule has 0 saturated carbocycles. The van der Waals surface area contributed by atoms with Crippen LogP contribution in [-0.2, 0) is 4.74 Å². The Labute approximate surface area is 106 Å². The molecule has 3 nitrogen and oxygen atoms in total. The van der Waals surface area contributed by atoms with Crippen LogP contribution < -0.4 is 5.32 Å². The van der Waals surface area contributed by atoms with Gasteiger partial charge in [0, 0.05) is 7.11 Å². The van der Waals surface area contributed by atoms with Gasteiger partial charge in [-0.2, -0.15) is 0 Å². The fourth-order valence-corrected chi connectivity index (χ4v) is 2.06.